The van der Waals surface area contributed by atoms with E-state index in [1.165, 1.54) is 6.26 Å². The van der Waals surface area contributed by atoms with Gasteiger partial charge in [0.05, 0.1) is 11.3 Å². The van der Waals surface area contributed by atoms with Crippen LogP contribution >= 0.6 is 0 Å². The van der Waals surface area contributed by atoms with E-state index in [2.05, 4.69) is 12.2 Å². The van der Waals surface area contributed by atoms with Crippen molar-refractivity contribution in [2.24, 2.45) is 11.7 Å². The largest absolute Gasteiger partial charge is 0.350 e. The molecule has 1 saturated carbocycles. The number of rotatable bonds is 5. The Kier molecular flexibility index (Phi) is 5.47. The van der Waals surface area contributed by atoms with Crippen LogP contribution in [0, 0.1) is 5.92 Å². The van der Waals surface area contributed by atoms with Crippen LogP contribution in [0.5, 0.6) is 0 Å². The molecule has 1 aliphatic carbocycles. The van der Waals surface area contributed by atoms with Gasteiger partial charge in [0.2, 0.25) is 5.91 Å². The van der Waals surface area contributed by atoms with E-state index in [4.69, 9.17) is 5.73 Å². The van der Waals surface area contributed by atoms with E-state index in [1.807, 2.05) is 12.1 Å². The minimum absolute atomic E-state index is 0.0312. The van der Waals surface area contributed by atoms with Crippen molar-refractivity contribution in [1.29, 1.82) is 0 Å². The van der Waals surface area contributed by atoms with E-state index < -0.39 is 15.4 Å². The lowest BCUT2D eigenvalue weighted by Crippen LogP contribution is -2.56. The van der Waals surface area contributed by atoms with Crippen molar-refractivity contribution in [1.82, 2.24) is 5.32 Å². The number of benzene rings is 1. The number of nitrogens with two attached hydrogens (primary N) is 1. The maximum Gasteiger partial charge on any atom is 0.240 e. The van der Waals surface area contributed by atoms with Gasteiger partial charge in [0.1, 0.15) is 0 Å². The van der Waals surface area contributed by atoms with E-state index in [0.717, 1.165) is 36.8 Å². The Morgan fingerprint density at radius 2 is 1.91 bits per heavy atom. The maximum atomic E-state index is 12.4. The van der Waals surface area contributed by atoms with Crippen LogP contribution < -0.4 is 11.1 Å². The van der Waals surface area contributed by atoms with Crippen LogP contribution in [-0.4, -0.2) is 26.1 Å². The summed E-state index contributed by atoms with van der Waals surface area (Å²) in [6, 6.07) is 7.24. The molecular weight excluding hydrogens is 312 g/mol. The monoisotopic (exact) mass is 338 g/mol. The van der Waals surface area contributed by atoms with Gasteiger partial charge < -0.3 is 11.1 Å². The second-order valence-corrected chi connectivity index (χ2v) is 9.07. The fraction of sp³-hybridized carbons (Fsp3) is 0.588. The van der Waals surface area contributed by atoms with E-state index >= 15 is 0 Å². The summed E-state index contributed by atoms with van der Waals surface area (Å²) in [4.78, 5) is 12.4. The Morgan fingerprint density at radius 1 is 1.30 bits per heavy atom. The summed E-state index contributed by atoms with van der Waals surface area (Å²) in [7, 11) is -3.03. The van der Waals surface area contributed by atoms with Gasteiger partial charge in [0.15, 0.2) is 9.84 Å². The highest BCUT2D eigenvalue weighted by Crippen LogP contribution is 2.30. The second kappa shape index (κ2) is 7.01. The summed E-state index contributed by atoms with van der Waals surface area (Å²) in [5.74, 6) is 0.419. The highest BCUT2D eigenvalue weighted by Gasteiger charge is 2.37. The zero-order chi connectivity index (χ0) is 17.1. The molecule has 1 fully saturated rings. The lowest BCUT2D eigenvalue weighted by Gasteiger charge is -2.35. The average molecular weight is 338 g/mol. The van der Waals surface area contributed by atoms with Gasteiger partial charge in [-0.1, -0.05) is 44.0 Å². The first-order valence-corrected chi connectivity index (χ1v) is 10.1. The predicted octanol–water partition coefficient (Wildman–Crippen LogP) is 1.75. The summed E-state index contributed by atoms with van der Waals surface area (Å²) >= 11 is 0. The molecule has 2 rings (SSSR count). The molecule has 0 saturated heterocycles. The molecular formula is C17H26N2O3S. The number of hydrogen-bond donors (Lipinski definition) is 2. The number of amides is 1. The minimum atomic E-state index is -3.03. The number of hydrogen-bond acceptors (Lipinski definition) is 4. The van der Waals surface area contributed by atoms with Gasteiger partial charge in [-0.25, -0.2) is 8.42 Å². The van der Waals surface area contributed by atoms with Crippen LogP contribution in [0.4, 0.5) is 0 Å². The fourth-order valence-corrected chi connectivity index (χ4v) is 4.01. The van der Waals surface area contributed by atoms with Crippen molar-refractivity contribution in [3.05, 3.63) is 35.4 Å². The molecule has 0 heterocycles. The van der Waals surface area contributed by atoms with Crippen molar-refractivity contribution in [2.75, 3.05) is 6.26 Å². The van der Waals surface area contributed by atoms with Crippen molar-refractivity contribution >= 4 is 15.7 Å². The SMILES string of the molecule is C[C@@H]1CCC[C@](N)(C(=O)NCc2ccc(CS(C)(=O)=O)cc2)C1. The van der Waals surface area contributed by atoms with Crippen LogP contribution in [-0.2, 0) is 26.9 Å². The van der Waals surface area contributed by atoms with Crippen LogP contribution in [0.3, 0.4) is 0 Å². The molecule has 0 bridgehead atoms. The third-order valence-corrected chi connectivity index (χ3v) is 5.25. The molecule has 2 atom stereocenters. The van der Waals surface area contributed by atoms with Crippen molar-refractivity contribution < 1.29 is 13.2 Å². The first-order valence-electron chi connectivity index (χ1n) is 8.01. The molecule has 1 aliphatic rings. The van der Waals surface area contributed by atoms with Crippen LogP contribution in [0.2, 0.25) is 0 Å². The normalized spacial score (nSPS) is 25.1. The Morgan fingerprint density at radius 3 is 2.48 bits per heavy atom. The molecule has 3 N–H and O–H groups in total. The highest BCUT2D eigenvalue weighted by molar-refractivity contribution is 7.89. The third-order valence-electron chi connectivity index (χ3n) is 4.39. The van der Waals surface area contributed by atoms with Gasteiger partial charge in [-0.2, -0.15) is 0 Å². The molecule has 1 aromatic rings. The minimum Gasteiger partial charge on any atom is -0.350 e. The van der Waals surface area contributed by atoms with Gasteiger partial charge in [-0.15, -0.1) is 0 Å². The quantitative estimate of drug-likeness (QED) is 0.856. The molecule has 6 heteroatoms. The van der Waals surface area contributed by atoms with Crippen LogP contribution in [0.15, 0.2) is 24.3 Å². The Hall–Kier alpha value is -1.40. The summed E-state index contributed by atoms with van der Waals surface area (Å²) in [5.41, 5.74) is 7.20. The summed E-state index contributed by atoms with van der Waals surface area (Å²) in [5, 5.41) is 2.92. The van der Waals surface area contributed by atoms with Gasteiger partial charge in [0.25, 0.3) is 0 Å². The number of sulfone groups is 1. The summed E-state index contributed by atoms with van der Waals surface area (Å²) in [6.07, 6.45) is 4.80. The molecule has 0 aromatic heterocycles. The Bertz CT molecular complexity index is 655. The Balaban J connectivity index is 1.91. The van der Waals surface area contributed by atoms with Crippen LogP contribution in [0.25, 0.3) is 0 Å². The van der Waals surface area contributed by atoms with Gasteiger partial charge in [-0.3, -0.25) is 4.79 Å². The first kappa shape index (κ1) is 17.9. The molecule has 0 spiro atoms. The van der Waals surface area contributed by atoms with Crippen molar-refractivity contribution in [3.63, 3.8) is 0 Å². The predicted molar refractivity (Wildman–Crippen MR) is 91.4 cm³/mol. The molecule has 23 heavy (non-hydrogen) atoms. The molecule has 128 valence electrons. The fourth-order valence-electron chi connectivity index (χ4n) is 3.21. The second-order valence-electron chi connectivity index (χ2n) is 6.93. The number of carbonyl (C=O) groups is 1. The van der Waals surface area contributed by atoms with Crippen LogP contribution in [0.1, 0.15) is 43.7 Å². The van der Waals surface area contributed by atoms with E-state index in [9.17, 15) is 13.2 Å². The molecule has 0 aliphatic heterocycles. The van der Waals surface area contributed by atoms with E-state index in [-0.39, 0.29) is 11.7 Å². The molecule has 0 unspecified atom stereocenters. The first-order chi connectivity index (χ1) is 10.7. The smallest absolute Gasteiger partial charge is 0.240 e. The topological polar surface area (TPSA) is 89.3 Å². The third kappa shape index (κ3) is 5.32. The number of carbonyl (C=O) groups excluding carboxylic acids is 1. The molecule has 1 amide bonds. The lowest BCUT2D eigenvalue weighted by atomic mass is 9.76. The zero-order valence-corrected chi connectivity index (χ0v) is 14.7. The van der Waals surface area contributed by atoms with E-state index in [1.54, 1.807) is 12.1 Å². The standard InChI is InChI=1S/C17H26N2O3S/c1-13-4-3-9-17(18,10-13)16(20)19-11-14-5-7-15(8-6-14)12-23(2,21)22/h5-8,13H,3-4,9-12,18H2,1-2H3,(H,19,20)/t13-,17-/m1/s1. The van der Waals surface area contributed by atoms with Crippen molar-refractivity contribution in [3.8, 4) is 0 Å². The lowest BCUT2D eigenvalue weighted by molar-refractivity contribution is -0.128. The average Bonchev–Trinajstić information content (AvgIpc) is 2.44. The molecule has 1 aromatic carbocycles. The Labute approximate surface area is 138 Å². The maximum absolute atomic E-state index is 12.4. The highest BCUT2D eigenvalue weighted by atomic mass is 32.2. The molecule has 0 radical (unpaired) electrons. The number of nitrogens with one attached hydrogen (secondary N) is 1. The van der Waals surface area contributed by atoms with Gasteiger partial charge >= 0.3 is 0 Å². The summed E-state index contributed by atoms with van der Waals surface area (Å²) < 4.78 is 22.5. The molecule has 5 nitrogen and oxygen atoms in total. The zero-order valence-electron chi connectivity index (χ0n) is 13.8. The van der Waals surface area contributed by atoms with Crippen molar-refractivity contribution in [2.45, 2.75) is 50.4 Å². The van der Waals surface area contributed by atoms with Gasteiger partial charge in [0, 0.05) is 12.8 Å². The van der Waals surface area contributed by atoms with Gasteiger partial charge in [-0.05, 0) is 29.9 Å². The summed E-state index contributed by atoms with van der Waals surface area (Å²) in [6.45, 7) is 2.54. The van der Waals surface area contributed by atoms with E-state index in [0.29, 0.717) is 12.5 Å².